The highest BCUT2D eigenvalue weighted by Gasteiger charge is 2.11. The van der Waals surface area contributed by atoms with Crippen LogP contribution in [0.5, 0.6) is 0 Å². The Balaban J connectivity index is 1.84. The van der Waals surface area contributed by atoms with Gasteiger partial charge in [-0.3, -0.25) is 15.0 Å². The molecule has 3 heterocycles. The summed E-state index contributed by atoms with van der Waals surface area (Å²) in [5.74, 6) is 0. The predicted octanol–water partition coefficient (Wildman–Crippen LogP) is 5.55. The van der Waals surface area contributed by atoms with Gasteiger partial charge in [0.1, 0.15) is 0 Å². The predicted molar refractivity (Wildman–Crippen MR) is 135 cm³/mol. The largest absolute Gasteiger partial charge is 0.371 e. The maximum Gasteiger partial charge on any atom is 0.0628 e. The Hall–Kier alpha value is -3.21. The molecule has 3 aromatic heterocycles. The molecule has 0 saturated heterocycles. The lowest BCUT2D eigenvalue weighted by molar-refractivity contribution is 0.326. The molecule has 0 aliphatic heterocycles. The molecule has 0 saturated carbocycles. The molecule has 0 aliphatic rings. The van der Waals surface area contributed by atoms with Crippen molar-refractivity contribution in [2.75, 3.05) is 6.54 Å². The molecule has 0 amide bonds. The van der Waals surface area contributed by atoms with E-state index in [1.54, 1.807) is 0 Å². The van der Waals surface area contributed by atoms with Crippen LogP contribution in [-0.2, 0) is 38.9 Å². The highest BCUT2D eigenvalue weighted by molar-refractivity contribution is 5.23. The third-order valence-corrected chi connectivity index (χ3v) is 6.05. The van der Waals surface area contributed by atoms with Crippen molar-refractivity contribution in [2.24, 2.45) is 0 Å². The van der Waals surface area contributed by atoms with Gasteiger partial charge in [-0.25, -0.2) is 0 Å². The summed E-state index contributed by atoms with van der Waals surface area (Å²) in [6, 6.07) is 12.6. The average Bonchev–Trinajstić information content (AvgIpc) is 2.87. The van der Waals surface area contributed by atoms with E-state index in [-0.39, 0.29) is 0 Å². The highest BCUT2D eigenvalue weighted by atomic mass is 15.2. The number of hydrogen-bond acceptors (Lipinski definition) is 5. The van der Waals surface area contributed by atoms with Crippen molar-refractivity contribution in [3.05, 3.63) is 101 Å². The summed E-state index contributed by atoms with van der Waals surface area (Å²) in [5, 5.41) is 0. The molecule has 5 nitrogen and oxygen atoms in total. The van der Waals surface area contributed by atoms with Crippen LogP contribution in [0.1, 0.15) is 61.5 Å². The van der Waals surface area contributed by atoms with Gasteiger partial charge in [0.15, 0.2) is 0 Å². The minimum atomic E-state index is 0.752. The quantitative estimate of drug-likeness (QED) is 0.367. The Morgan fingerprint density at radius 2 is 0.939 bits per heavy atom. The zero-order valence-electron chi connectivity index (χ0n) is 20.5. The van der Waals surface area contributed by atoms with Gasteiger partial charge < -0.3 is 9.80 Å². The molecule has 3 aromatic rings. The Labute approximate surface area is 199 Å². The second kappa shape index (κ2) is 12.7. The molecular formula is C28H37N5. The fraction of sp³-hybridized carbons (Fsp3) is 0.393. The van der Waals surface area contributed by atoms with Crippen molar-refractivity contribution in [3.63, 3.8) is 0 Å². The van der Waals surface area contributed by atoms with E-state index in [4.69, 9.17) is 9.97 Å². The number of nitrogens with zero attached hydrogens (tertiary/aromatic N) is 5. The average molecular weight is 444 g/mol. The van der Waals surface area contributed by atoms with Gasteiger partial charge in [-0.05, 0) is 61.1 Å². The maximum absolute atomic E-state index is 4.69. The smallest absolute Gasteiger partial charge is 0.0628 e. The Morgan fingerprint density at radius 3 is 1.30 bits per heavy atom. The van der Waals surface area contributed by atoms with Crippen LogP contribution in [0.4, 0.5) is 0 Å². The van der Waals surface area contributed by atoms with Crippen molar-refractivity contribution in [3.8, 4) is 0 Å². The van der Waals surface area contributed by atoms with E-state index in [0.717, 1.165) is 62.5 Å². The fourth-order valence-corrected chi connectivity index (χ4v) is 4.00. The van der Waals surface area contributed by atoms with E-state index in [9.17, 15) is 0 Å². The van der Waals surface area contributed by atoms with Crippen LogP contribution in [0.15, 0.2) is 67.4 Å². The molecule has 0 bridgehead atoms. The molecule has 0 radical (unpaired) electrons. The second-order valence-electron chi connectivity index (χ2n) is 8.15. The number of hydrogen-bond donors (Lipinski definition) is 0. The number of aromatic nitrogens is 3. The monoisotopic (exact) mass is 443 g/mol. The SMILES string of the molecule is CCc1cccnc1CN(/C=C/N(Cc1ncccc1CC)Cc1ncccc1CC)CC. The lowest BCUT2D eigenvalue weighted by Gasteiger charge is -2.25. The van der Waals surface area contributed by atoms with Crippen molar-refractivity contribution in [1.82, 2.24) is 24.8 Å². The number of aryl methyl sites for hydroxylation is 3. The topological polar surface area (TPSA) is 45.2 Å². The van der Waals surface area contributed by atoms with Gasteiger partial charge in [-0.1, -0.05) is 39.0 Å². The third kappa shape index (κ3) is 6.88. The minimum Gasteiger partial charge on any atom is -0.371 e. The summed E-state index contributed by atoms with van der Waals surface area (Å²) in [4.78, 5) is 18.7. The molecule has 0 aromatic carbocycles. The van der Waals surface area contributed by atoms with E-state index < -0.39 is 0 Å². The van der Waals surface area contributed by atoms with Crippen LogP contribution >= 0.6 is 0 Å². The van der Waals surface area contributed by atoms with Gasteiger partial charge in [-0.2, -0.15) is 0 Å². The van der Waals surface area contributed by atoms with Crippen LogP contribution in [0.3, 0.4) is 0 Å². The normalized spacial score (nSPS) is 11.2. The zero-order valence-corrected chi connectivity index (χ0v) is 20.5. The fourth-order valence-electron chi connectivity index (χ4n) is 4.00. The van der Waals surface area contributed by atoms with Crippen LogP contribution in [0.2, 0.25) is 0 Å². The summed E-state index contributed by atoms with van der Waals surface area (Å²) in [6.07, 6.45) is 13.0. The summed E-state index contributed by atoms with van der Waals surface area (Å²) in [5.41, 5.74) is 7.29. The first kappa shape index (κ1) is 24.4. The Kier molecular flexibility index (Phi) is 9.43. The molecule has 0 N–H and O–H groups in total. The molecule has 5 heteroatoms. The van der Waals surface area contributed by atoms with Gasteiger partial charge in [-0.15, -0.1) is 0 Å². The van der Waals surface area contributed by atoms with Gasteiger partial charge in [0.05, 0.1) is 36.7 Å². The molecule has 0 fully saturated rings. The molecular weight excluding hydrogens is 406 g/mol. The van der Waals surface area contributed by atoms with Crippen molar-refractivity contribution in [2.45, 2.75) is 66.6 Å². The van der Waals surface area contributed by atoms with E-state index in [0.29, 0.717) is 0 Å². The molecule has 0 aliphatic carbocycles. The number of rotatable bonds is 12. The van der Waals surface area contributed by atoms with Crippen molar-refractivity contribution >= 4 is 0 Å². The first-order chi connectivity index (χ1) is 16.2. The minimum absolute atomic E-state index is 0.752. The summed E-state index contributed by atoms with van der Waals surface area (Å²) in [6.45, 7) is 12.0. The molecule has 174 valence electrons. The van der Waals surface area contributed by atoms with Gasteiger partial charge in [0.2, 0.25) is 0 Å². The second-order valence-corrected chi connectivity index (χ2v) is 8.15. The van der Waals surface area contributed by atoms with Crippen LogP contribution in [0, 0.1) is 0 Å². The molecule has 33 heavy (non-hydrogen) atoms. The van der Waals surface area contributed by atoms with Gasteiger partial charge in [0, 0.05) is 37.5 Å². The van der Waals surface area contributed by atoms with E-state index >= 15 is 0 Å². The van der Waals surface area contributed by atoms with Gasteiger partial charge in [0.25, 0.3) is 0 Å². The molecule has 0 unspecified atom stereocenters. The highest BCUT2D eigenvalue weighted by Crippen LogP contribution is 2.16. The molecule has 3 rings (SSSR count). The van der Waals surface area contributed by atoms with E-state index in [1.807, 2.05) is 36.8 Å². The molecule has 0 spiro atoms. The van der Waals surface area contributed by atoms with Crippen LogP contribution in [0.25, 0.3) is 0 Å². The van der Waals surface area contributed by atoms with Crippen LogP contribution < -0.4 is 0 Å². The summed E-state index contributed by atoms with van der Waals surface area (Å²) in [7, 11) is 0. The first-order valence-electron chi connectivity index (χ1n) is 12.1. The lowest BCUT2D eigenvalue weighted by Crippen LogP contribution is -2.23. The first-order valence-corrected chi connectivity index (χ1v) is 12.1. The standard InChI is InChI=1S/C28H37N5/c1-5-23-12-9-15-29-26(23)20-32(8-4)18-19-33(21-27-24(6-2)13-10-16-30-27)22-28-25(7-3)14-11-17-31-28/h9-19H,5-8,20-22H2,1-4H3/b19-18+. The van der Waals surface area contributed by atoms with E-state index in [1.165, 1.54) is 16.7 Å². The number of pyridine rings is 3. The van der Waals surface area contributed by atoms with Crippen molar-refractivity contribution in [1.29, 1.82) is 0 Å². The van der Waals surface area contributed by atoms with Crippen LogP contribution in [-0.4, -0.2) is 31.3 Å². The van der Waals surface area contributed by atoms with Gasteiger partial charge >= 0.3 is 0 Å². The lowest BCUT2D eigenvalue weighted by atomic mass is 10.1. The van der Waals surface area contributed by atoms with Crippen molar-refractivity contribution < 1.29 is 0 Å². The maximum atomic E-state index is 4.69. The Bertz CT molecular complexity index is 981. The molecule has 0 atom stereocenters. The Morgan fingerprint density at radius 1 is 0.576 bits per heavy atom. The summed E-state index contributed by atoms with van der Waals surface area (Å²) < 4.78 is 0. The third-order valence-electron chi connectivity index (χ3n) is 6.05. The zero-order chi connectivity index (χ0) is 23.5. The summed E-state index contributed by atoms with van der Waals surface area (Å²) >= 11 is 0. The van der Waals surface area contributed by atoms with E-state index in [2.05, 4.69) is 73.1 Å².